The fraction of sp³-hybridized carbons (Fsp3) is 0.588. The average Bonchev–Trinajstić information content (AvgIpc) is 3.16. The van der Waals surface area contributed by atoms with Crippen LogP contribution in [0.5, 0.6) is 0 Å². The zero-order valence-electron chi connectivity index (χ0n) is 14.3. The molecule has 0 radical (unpaired) electrons. The molecule has 1 saturated carbocycles. The highest BCUT2D eigenvalue weighted by atomic mass is 16.3. The first-order chi connectivity index (χ1) is 11.3. The molecule has 1 aromatic rings. The molecule has 0 aromatic carbocycles. The van der Waals surface area contributed by atoms with Crippen LogP contribution in [-0.4, -0.2) is 34.8 Å². The lowest BCUT2D eigenvalue weighted by molar-refractivity contribution is -0.135. The van der Waals surface area contributed by atoms with Gasteiger partial charge in [0.05, 0.1) is 6.04 Å². The number of hydrogen-bond donors (Lipinski definition) is 2. The molecule has 24 heavy (non-hydrogen) atoms. The monoisotopic (exact) mass is 333 g/mol. The second kappa shape index (κ2) is 5.96. The van der Waals surface area contributed by atoms with E-state index in [0.717, 1.165) is 34.8 Å². The Morgan fingerprint density at radius 3 is 2.62 bits per heavy atom. The molecule has 1 unspecified atom stereocenters. The van der Waals surface area contributed by atoms with Gasteiger partial charge in [0, 0.05) is 5.56 Å². The first-order valence-electron chi connectivity index (χ1n) is 8.33. The van der Waals surface area contributed by atoms with Crippen molar-refractivity contribution in [2.75, 3.05) is 6.54 Å². The van der Waals surface area contributed by atoms with Gasteiger partial charge in [-0.25, -0.2) is 4.79 Å². The van der Waals surface area contributed by atoms with E-state index in [2.05, 4.69) is 10.6 Å². The van der Waals surface area contributed by atoms with E-state index in [0.29, 0.717) is 12.8 Å². The molecule has 1 aromatic heterocycles. The van der Waals surface area contributed by atoms with Crippen molar-refractivity contribution in [1.29, 1.82) is 0 Å². The number of nitrogens with one attached hydrogen (secondary N) is 2. The molecule has 2 aliphatic rings. The summed E-state index contributed by atoms with van der Waals surface area (Å²) >= 11 is 0. The van der Waals surface area contributed by atoms with Crippen molar-refractivity contribution in [2.24, 2.45) is 0 Å². The Morgan fingerprint density at radius 2 is 2.04 bits per heavy atom. The van der Waals surface area contributed by atoms with E-state index in [9.17, 15) is 14.4 Å². The molecule has 3 rings (SSSR count). The minimum absolute atomic E-state index is 0.254. The summed E-state index contributed by atoms with van der Waals surface area (Å²) in [7, 11) is 0. The maximum absolute atomic E-state index is 12.5. The summed E-state index contributed by atoms with van der Waals surface area (Å²) in [5.74, 6) is 0.892. The van der Waals surface area contributed by atoms with Crippen LogP contribution in [0.4, 0.5) is 4.79 Å². The van der Waals surface area contributed by atoms with Crippen molar-refractivity contribution < 1.29 is 18.8 Å². The fourth-order valence-electron chi connectivity index (χ4n) is 3.73. The molecule has 1 spiro atoms. The molecule has 0 bridgehead atoms. The molecule has 4 amide bonds. The van der Waals surface area contributed by atoms with Crippen LogP contribution in [0.3, 0.4) is 0 Å². The highest BCUT2D eigenvalue weighted by molar-refractivity contribution is 6.09. The van der Waals surface area contributed by atoms with Gasteiger partial charge in [-0.1, -0.05) is 12.8 Å². The van der Waals surface area contributed by atoms with E-state index in [-0.39, 0.29) is 24.4 Å². The molecule has 130 valence electrons. The Hall–Kier alpha value is -2.31. The summed E-state index contributed by atoms with van der Waals surface area (Å²) in [6.07, 6.45) is 3.14. The zero-order valence-corrected chi connectivity index (χ0v) is 14.3. The van der Waals surface area contributed by atoms with Gasteiger partial charge in [0.25, 0.3) is 5.91 Å². The van der Waals surface area contributed by atoms with Crippen molar-refractivity contribution >= 4 is 17.8 Å². The molecule has 7 nitrogen and oxygen atoms in total. The van der Waals surface area contributed by atoms with Crippen molar-refractivity contribution in [3.63, 3.8) is 0 Å². The van der Waals surface area contributed by atoms with Crippen LogP contribution in [0.2, 0.25) is 0 Å². The zero-order chi connectivity index (χ0) is 17.5. The third kappa shape index (κ3) is 2.79. The van der Waals surface area contributed by atoms with Gasteiger partial charge in [0.15, 0.2) is 0 Å². The fourth-order valence-corrected chi connectivity index (χ4v) is 3.73. The Kier molecular flexibility index (Phi) is 4.11. The first kappa shape index (κ1) is 16.5. The van der Waals surface area contributed by atoms with Crippen molar-refractivity contribution in [3.8, 4) is 0 Å². The average molecular weight is 333 g/mol. The van der Waals surface area contributed by atoms with Crippen LogP contribution >= 0.6 is 0 Å². The summed E-state index contributed by atoms with van der Waals surface area (Å²) < 4.78 is 5.47. The Bertz CT molecular complexity index is 688. The van der Waals surface area contributed by atoms with Crippen LogP contribution in [0.15, 0.2) is 10.5 Å². The number of hydrogen-bond acceptors (Lipinski definition) is 4. The molecule has 1 aliphatic carbocycles. The molecule has 2 N–H and O–H groups in total. The molecule has 1 saturated heterocycles. The Balaban J connectivity index is 1.63. The van der Waals surface area contributed by atoms with Crippen LogP contribution < -0.4 is 10.6 Å². The second-order valence-corrected chi connectivity index (χ2v) is 6.77. The molecule has 2 heterocycles. The third-order valence-electron chi connectivity index (χ3n) is 4.93. The lowest BCUT2D eigenvalue weighted by atomic mass is 9.98. The number of aryl methyl sites for hydroxylation is 2. The molecule has 1 aliphatic heterocycles. The van der Waals surface area contributed by atoms with Gasteiger partial charge in [0.2, 0.25) is 5.91 Å². The summed E-state index contributed by atoms with van der Waals surface area (Å²) in [5.41, 5.74) is 0.117. The van der Waals surface area contributed by atoms with E-state index < -0.39 is 11.6 Å². The number of carbonyl (C=O) groups excluding carboxylic acids is 3. The van der Waals surface area contributed by atoms with Gasteiger partial charge < -0.3 is 15.1 Å². The first-order valence-corrected chi connectivity index (χ1v) is 8.33. The molecular weight excluding hydrogens is 310 g/mol. The molecular formula is C17H23N3O4. The van der Waals surface area contributed by atoms with E-state index in [4.69, 9.17) is 4.42 Å². The lowest BCUT2D eigenvalue weighted by Gasteiger charge is -2.20. The highest BCUT2D eigenvalue weighted by Gasteiger charge is 2.52. The molecule has 2 fully saturated rings. The van der Waals surface area contributed by atoms with E-state index in [1.54, 1.807) is 0 Å². The summed E-state index contributed by atoms with van der Waals surface area (Å²) in [6, 6.07) is 1.15. The van der Waals surface area contributed by atoms with Gasteiger partial charge in [-0.2, -0.15) is 0 Å². The summed E-state index contributed by atoms with van der Waals surface area (Å²) in [4.78, 5) is 37.9. The summed E-state index contributed by atoms with van der Waals surface area (Å²) in [5, 5.41) is 5.60. The highest BCUT2D eigenvalue weighted by Crippen LogP contribution is 2.34. The Labute approximate surface area is 140 Å². The number of furan rings is 1. The quantitative estimate of drug-likeness (QED) is 0.824. The largest absolute Gasteiger partial charge is 0.466 e. The SMILES string of the molecule is Cc1cc(C(C)NC(=O)CN2C(=O)NC3(CCCC3)C2=O)c(C)o1. The van der Waals surface area contributed by atoms with Crippen LogP contribution in [0.25, 0.3) is 0 Å². The smallest absolute Gasteiger partial charge is 0.325 e. The standard InChI is InChI=1S/C17H23N3O4/c1-10-8-13(12(3)24-10)11(2)18-14(21)9-20-15(22)17(19-16(20)23)6-4-5-7-17/h8,11H,4-7,9H2,1-3H3,(H,18,21)(H,19,23). The van der Waals surface area contributed by atoms with Crippen molar-refractivity contribution in [2.45, 2.75) is 58.0 Å². The number of rotatable bonds is 4. The maximum Gasteiger partial charge on any atom is 0.325 e. The predicted octanol–water partition coefficient (Wildman–Crippen LogP) is 1.94. The third-order valence-corrected chi connectivity index (χ3v) is 4.93. The van der Waals surface area contributed by atoms with Gasteiger partial charge in [0.1, 0.15) is 23.6 Å². The second-order valence-electron chi connectivity index (χ2n) is 6.77. The van der Waals surface area contributed by atoms with E-state index >= 15 is 0 Å². The van der Waals surface area contributed by atoms with Gasteiger partial charge >= 0.3 is 6.03 Å². The van der Waals surface area contributed by atoms with E-state index in [1.807, 2.05) is 26.8 Å². The van der Waals surface area contributed by atoms with Gasteiger partial charge in [-0.15, -0.1) is 0 Å². The van der Waals surface area contributed by atoms with Crippen LogP contribution in [-0.2, 0) is 9.59 Å². The van der Waals surface area contributed by atoms with Crippen LogP contribution in [0.1, 0.15) is 55.7 Å². The van der Waals surface area contributed by atoms with E-state index in [1.165, 1.54) is 0 Å². The van der Waals surface area contributed by atoms with Crippen molar-refractivity contribution in [1.82, 2.24) is 15.5 Å². The topological polar surface area (TPSA) is 91.7 Å². The Morgan fingerprint density at radius 1 is 1.38 bits per heavy atom. The van der Waals surface area contributed by atoms with Crippen molar-refractivity contribution in [3.05, 3.63) is 23.2 Å². The molecule has 1 atom stereocenters. The number of imide groups is 1. The van der Waals surface area contributed by atoms with Crippen LogP contribution in [0, 0.1) is 13.8 Å². The minimum Gasteiger partial charge on any atom is -0.466 e. The maximum atomic E-state index is 12.5. The lowest BCUT2D eigenvalue weighted by Crippen LogP contribution is -2.45. The number of nitrogens with zero attached hydrogens (tertiary/aromatic N) is 1. The molecule has 7 heteroatoms. The van der Waals surface area contributed by atoms with Gasteiger partial charge in [-0.05, 0) is 39.7 Å². The normalized spacial score (nSPS) is 20.5. The number of carbonyl (C=O) groups is 3. The minimum atomic E-state index is -0.777. The number of amides is 4. The summed E-state index contributed by atoms with van der Waals surface area (Å²) in [6.45, 7) is 5.28. The predicted molar refractivity (Wildman–Crippen MR) is 86.2 cm³/mol. The van der Waals surface area contributed by atoms with Gasteiger partial charge in [-0.3, -0.25) is 14.5 Å². The number of urea groups is 1.